The second-order valence-electron chi connectivity index (χ2n) is 18.8. The van der Waals surface area contributed by atoms with Crippen molar-refractivity contribution in [2.75, 3.05) is 53.7 Å². The predicted octanol–water partition coefficient (Wildman–Crippen LogP) is -3.21. The summed E-state index contributed by atoms with van der Waals surface area (Å²) in [7, 11) is 3.05. The van der Waals surface area contributed by atoms with E-state index in [1.807, 2.05) is 6.92 Å². The normalized spacial score (nSPS) is 36.0. The van der Waals surface area contributed by atoms with Crippen molar-refractivity contribution in [3.05, 3.63) is 0 Å². The van der Waals surface area contributed by atoms with E-state index >= 15 is 0 Å². The fourth-order valence-corrected chi connectivity index (χ4v) is 9.25. The van der Waals surface area contributed by atoms with Crippen LogP contribution in [0.5, 0.6) is 0 Å². The van der Waals surface area contributed by atoms with Crippen LogP contribution in [-0.4, -0.2) is 221 Å². The van der Waals surface area contributed by atoms with Crippen LogP contribution in [0.4, 0.5) is 0 Å². The molecule has 1 unspecified atom stereocenters. The second-order valence-corrected chi connectivity index (χ2v) is 18.8. The topological polar surface area (TPSA) is 354 Å². The molecule has 13 N–H and O–H groups in total. The number of aliphatic hydroxyl groups is 10. The van der Waals surface area contributed by atoms with Gasteiger partial charge in [-0.3, -0.25) is 14.4 Å². The van der Waals surface area contributed by atoms with Gasteiger partial charge in [0.05, 0.1) is 63.1 Å². The molecule has 4 saturated heterocycles. The van der Waals surface area contributed by atoms with Crippen LogP contribution in [0.3, 0.4) is 0 Å². The van der Waals surface area contributed by atoms with Crippen molar-refractivity contribution >= 4 is 17.7 Å². The summed E-state index contributed by atoms with van der Waals surface area (Å²) in [4.78, 5) is 37.1. The zero-order chi connectivity index (χ0) is 49.9. The number of amides is 3. The average molecular weight is 984 g/mol. The summed E-state index contributed by atoms with van der Waals surface area (Å²) >= 11 is 0. The lowest BCUT2D eigenvalue weighted by Gasteiger charge is -2.44. The number of carbonyl (C=O) groups excluding carboxylic acids is 3. The number of rotatable bonds is 28. The van der Waals surface area contributed by atoms with E-state index in [1.165, 1.54) is 14.1 Å². The van der Waals surface area contributed by atoms with Crippen LogP contribution in [0.15, 0.2) is 0 Å². The molecule has 396 valence electrons. The maximum absolute atomic E-state index is 13.0. The molecule has 0 aromatic rings. The Morgan fingerprint density at radius 1 is 0.588 bits per heavy atom. The van der Waals surface area contributed by atoms with E-state index in [4.69, 9.17) is 33.2 Å². The fourth-order valence-electron chi connectivity index (χ4n) is 9.25. The molecule has 4 aliphatic rings. The van der Waals surface area contributed by atoms with Crippen molar-refractivity contribution < 1.29 is 98.6 Å². The third-order valence-corrected chi connectivity index (χ3v) is 13.5. The van der Waals surface area contributed by atoms with Crippen LogP contribution in [-0.2, 0) is 47.5 Å². The first kappa shape index (κ1) is 58.3. The third-order valence-electron chi connectivity index (χ3n) is 13.5. The maximum atomic E-state index is 13.0. The summed E-state index contributed by atoms with van der Waals surface area (Å²) in [5, 5.41) is 111. The van der Waals surface area contributed by atoms with Gasteiger partial charge < -0.3 is 100 Å². The monoisotopic (exact) mass is 984 g/mol. The molecule has 0 aliphatic carbocycles. The molecule has 4 rings (SSSR count). The Hall–Kier alpha value is -2.27. The third kappa shape index (κ3) is 18.1. The highest BCUT2D eigenvalue weighted by atomic mass is 16.7. The molecule has 4 fully saturated rings. The Kier molecular flexibility index (Phi) is 25.7. The van der Waals surface area contributed by atoms with Crippen molar-refractivity contribution in [1.82, 2.24) is 16.0 Å². The smallest absolute Gasteiger partial charge is 0.220 e. The second kappa shape index (κ2) is 29.9. The van der Waals surface area contributed by atoms with E-state index in [0.717, 1.165) is 0 Å². The first-order chi connectivity index (χ1) is 32.5. The minimum Gasteiger partial charge on any atom is -0.394 e. The number of nitrogens with one attached hydrogen (secondary N) is 3. The van der Waals surface area contributed by atoms with E-state index in [1.54, 1.807) is 0 Å². The van der Waals surface area contributed by atoms with Gasteiger partial charge in [-0.05, 0) is 69.1 Å². The number of aliphatic hydroxyl groups excluding tert-OH is 10. The van der Waals surface area contributed by atoms with Gasteiger partial charge in [-0.1, -0.05) is 13.3 Å². The van der Waals surface area contributed by atoms with E-state index < -0.39 is 111 Å². The highest BCUT2D eigenvalue weighted by Gasteiger charge is 2.48. The molecule has 0 aromatic heterocycles. The highest BCUT2D eigenvalue weighted by molar-refractivity contribution is 5.79. The zero-order valence-electron chi connectivity index (χ0n) is 39.7. The molecule has 0 saturated carbocycles. The molecule has 4 heterocycles. The van der Waals surface area contributed by atoms with Gasteiger partial charge in [-0.15, -0.1) is 0 Å². The van der Waals surface area contributed by atoms with Crippen molar-refractivity contribution in [3.8, 4) is 0 Å². The van der Waals surface area contributed by atoms with Gasteiger partial charge in [0.25, 0.3) is 0 Å². The first-order valence-corrected chi connectivity index (χ1v) is 24.3. The average Bonchev–Trinajstić information content (AvgIpc) is 3.32. The molecular formula is C45H81N3O20. The van der Waals surface area contributed by atoms with Gasteiger partial charge in [0, 0.05) is 59.4 Å². The van der Waals surface area contributed by atoms with Gasteiger partial charge in [0.1, 0.15) is 42.7 Å². The van der Waals surface area contributed by atoms with Gasteiger partial charge >= 0.3 is 0 Å². The molecule has 0 aromatic carbocycles. The van der Waals surface area contributed by atoms with Gasteiger partial charge in [0.2, 0.25) is 17.7 Å². The summed E-state index contributed by atoms with van der Waals surface area (Å²) < 4.78 is 41.4. The zero-order valence-corrected chi connectivity index (χ0v) is 39.7. The number of carbonyl (C=O) groups is 3. The molecule has 23 nitrogen and oxygen atoms in total. The minimum absolute atomic E-state index is 0.00128. The van der Waals surface area contributed by atoms with E-state index in [9.17, 15) is 65.4 Å². The van der Waals surface area contributed by atoms with Crippen LogP contribution in [0.25, 0.3) is 0 Å². The quantitative estimate of drug-likeness (QED) is 0.0343. The van der Waals surface area contributed by atoms with Crippen molar-refractivity contribution in [1.29, 1.82) is 0 Å². The van der Waals surface area contributed by atoms with Crippen molar-refractivity contribution in [2.24, 2.45) is 17.8 Å². The molecule has 3 amide bonds. The van der Waals surface area contributed by atoms with E-state index in [-0.39, 0.29) is 93.9 Å². The Labute approximate surface area is 398 Å². The number of ether oxygens (including phenoxy) is 7. The Balaban J connectivity index is 1.35. The summed E-state index contributed by atoms with van der Waals surface area (Å²) in [6.07, 6.45) is -13.4. The number of unbranched alkanes of at least 4 members (excludes halogenated alkanes) is 1. The van der Waals surface area contributed by atoms with Crippen LogP contribution in [0, 0.1) is 17.8 Å². The Bertz CT molecular complexity index is 1450. The van der Waals surface area contributed by atoms with Crippen LogP contribution < -0.4 is 16.0 Å². The standard InChI is InChI=1S/C45H81N3O20/c1-24-15-28(21-49)64-30(38(24)56)11-10-27-18-31(67-45-43(61)42(60)40(58)33(23-51)68-45)41(59)44(65-27)63-13-5-4-7-25(12-14-62-37-19-29(52)39(57)32(22-50)66-37)20-48-34(53)9-6-8-26(16-35(54)46-2)17-36(55)47-3/h24-33,37-45,49-52,56-61H,4-23H2,1-3H3,(H,46,54)(H,47,55)(H,48,53)/t24-,25?,27+,28-,29+,30+,31-,32+,33+,37+,38-,39-,40+,41-,42-,43-,44-,45-/m0/s1. The fraction of sp³-hybridized carbons (Fsp3) is 0.933. The summed E-state index contributed by atoms with van der Waals surface area (Å²) in [6.45, 7) is 1.07. The Morgan fingerprint density at radius 2 is 1.26 bits per heavy atom. The molecule has 0 spiro atoms. The summed E-state index contributed by atoms with van der Waals surface area (Å²) in [6, 6.07) is 0. The van der Waals surface area contributed by atoms with Crippen molar-refractivity contribution in [2.45, 2.75) is 195 Å². The lowest BCUT2D eigenvalue weighted by Crippen LogP contribution is -2.61. The minimum atomic E-state index is -1.72. The van der Waals surface area contributed by atoms with E-state index in [2.05, 4.69) is 16.0 Å². The molecule has 4 aliphatic heterocycles. The predicted molar refractivity (Wildman–Crippen MR) is 237 cm³/mol. The van der Waals surface area contributed by atoms with Crippen molar-refractivity contribution in [3.63, 3.8) is 0 Å². The molecule has 23 heteroatoms. The lowest BCUT2D eigenvalue weighted by molar-refractivity contribution is -0.342. The number of hydrogen-bond donors (Lipinski definition) is 13. The maximum Gasteiger partial charge on any atom is 0.220 e. The molecule has 68 heavy (non-hydrogen) atoms. The van der Waals surface area contributed by atoms with Crippen LogP contribution in [0.2, 0.25) is 0 Å². The van der Waals surface area contributed by atoms with Crippen LogP contribution in [0.1, 0.15) is 96.8 Å². The van der Waals surface area contributed by atoms with E-state index in [0.29, 0.717) is 57.8 Å². The largest absolute Gasteiger partial charge is 0.394 e. The molecule has 18 atom stereocenters. The van der Waals surface area contributed by atoms with Crippen LogP contribution >= 0.6 is 0 Å². The molecule has 0 radical (unpaired) electrons. The highest BCUT2D eigenvalue weighted by Crippen LogP contribution is 2.34. The molecule has 0 bridgehead atoms. The van der Waals surface area contributed by atoms with Gasteiger partial charge in [0.15, 0.2) is 18.9 Å². The van der Waals surface area contributed by atoms with Gasteiger partial charge in [-0.25, -0.2) is 0 Å². The molecular weight excluding hydrogens is 902 g/mol. The number of hydrogen-bond acceptors (Lipinski definition) is 20. The summed E-state index contributed by atoms with van der Waals surface area (Å²) in [5.74, 6) is -1.05. The summed E-state index contributed by atoms with van der Waals surface area (Å²) in [5.41, 5.74) is 0. The lowest BCUT2D eigenvalue weighted by atomic mass is 9.87. The van der Waals surface area contributed by atoms with Gasteiger partial charge in [-0.2, -0.15) is 0 Å². The Morgan fingerprint density at radius 3 is 1.93 bits per heavy atom. The SMILES string of the molecule is CNC(=O)CC(CCCC(=O)NCC(CCCCO[C@H]1O[C@H](CC[C@H]2O[C@H](CO)C[C@H](C)[C@@H]2O)C[C@H](O[C@H]2O[C@H](CO)[C@@H](O)[C@H](O)[C@@H]2O)[C@@H]1O)CCO[C@H]1C[C@@H](O)[C@H](O)[C@@H](CO)O1)CC(=O)NC. The first-order valence-electron chi connectivity index (χ1n) is 24.3.